The Labute approximate surface area is 89.3 Å². The van der Waals surface area contributed by atoms with Crippen LogP contribution < -0.4 is 0 Å². The molecule has 0 spiro atoms. The molecule has 0 heterocycles. The lowest BCUT2D eigenvalue weighted by atomic mass is 10.1. The summed E-state index contributed by atoms with van der Waals surface area (Å²) in [7, 11) is 0. The van der Waals surface area contributed by atoms with E-state index in [0.29, 0.717) is 10.6 Å². The number of benzene rings is 1. The van der Waals surface area contributed by atoms with Crippen molar-refractivity contribution in [2.24, 2.45) is 0 Å². The molecule has 66 valence electrons. The highest BCUT2D eigenvalue weighted by Crippen LogP contribution is 2.22. The largest absolute Gasteiger partial charge is 0.293 e. The predicted octanol–water partition coefficient (Wildman–Crippen LogP) is 3.20. The molecular formula is C9H5BrClNO. The first-order valence-electron chi connectivity index (χ1n) is 3.50. The Kier molecular flexibility index (Phi) is 3.47. The maximum absolute atomic E-state index is 11.3. The zero-order valence-electron chi connectivity index (χ0n) is 6.55. The Morgan fingerprint density at radius 3 is 2.85 bits per heavy atom. The van der Waals surface area contributed by atoms with Gasteiger partial charge in [0.05, 0.1) is 17.5 Å². The van der Waals surface area contributed by atoms with Gasteiger partial charge < -0.3 is 0 Å². The Morgan fingerprint density at radius 1 is 1.62 bits per heavy atom. The van der Waals surface area contributed by atoms with Crippen molar-refractivity contribution >= 4 is 33.3 Å². The Morgan fingerprint density at radius 2 is 2.31 bits per heavy atom. The van der Waals surface area contributed by atoms with Gasteiger partial charge in [-0.1, -0.05) is 27.5 Å². The Balaban J connectivity index is 3.03. The zero-order chi connectivity index (χ0) is 9.84. The van der Waals surface area contributed by atoms with Crippen LogP contribution in [0.5, 0.6) is 0 Å². The molecule has 0 aliphatic rings. The quantitative estimate of drug-likeness (QED) is 0.764. The fourth-order valence-corrected chi connectivity index (χ4v) is 1.66. The summed E-state index contributed by atoms with van der Waals surface area (Å²) in [6, 6.07) is 6.74. The highest BCUT2D eigenvalue weighted by atomic mass is 79.9. The number of rotatable bonds is 2. The predicted molar refractivity (Wildman–Crippen MR) is 53.7 cm³/mol. The SMILES string of the molecule is N#CCC(=O)c1ccc(Br)cc1Cl. The Bertz CT molecular complexity index is 384. The van der Waals surface area contributed by atoms with Crippen molar-refractivity contribution < 1.29 is 4.79 Å². The second-order valence-electron chi connectivity index (χ2n) is 2.38. The van der Waals surface area contributed by atoms with Gasteiger partial charge in [-0.3, -0.25) is 4.79 Å². The molecule has 1 aromatic rings. The molecule has 1 rings (SSSR count). The maximum Gasteiger partial charge on any atom is 0.178 e. The first kappa shape index (κ1) is 10.2. The molecule has 4 heteroatoms. The van der Waals surface area contributed by atoms with Crippen LogP contribution in [0.15, 0.2) is 22.7 Å². The van der Waals surface area contributed by atoms with Gasteiger partial charge in [0.25, 0.3) is 0 Å². The van der Waals surface area contributed by atoms with E-state index in [4.69, 9.17) is 16.9 Å². The first-order chi connectivity index (χ1) is 6.15. The van der Waals surface area contributed by atoms with Crippen molar-refractivity contribution in [2.75, 3.05) is 0 Å². The summed E-state index contributed by atoms with van der Waals surface area (Å²) >= 11 is 9.02. The minimum Gasteiger partial charge on any atom is -0.293 e. The van der Waals surface area contributed by atoms with Gasteiger partial charge in [0.2, 0.25) is 0 Å². The van der Waals surface area contributed by atoms with Crippen LogP contribution in [-0.4, -0.2) is 5.78 Å². The molecule has 0 unspecified atom stereocenters. The number of carbonyl (C=O) groups excluding carboxylic acids is 1. The average Bonchev–Trinajstić information content (AvgIpc) is 2.04. The number of hydrogen-bond acceptors (Lipinski definition) is 2. The highest BCUT2D eigenvalue weighted by molar-refractivity contribution is 9.10. The molecule has 0 aromatic heterocycles. The lowest BCUT2D eigenvalue weighted by molar-refractivity contribution is 0.0998. The molecule has 1 aromatic carbocycles. The van der Waals surface area contributed by atoms with E-state index in [1.807, 2.05) is 0 Å². The topological polar surface area (TPSA) is 40.9 Å². The fraction of sp³-hybridized carbons (Fsp3) is 0.111. The van der Waals surface area contributed by atoms with Crippen LogP contribution in [0, 0.1) is 11.3 Å². The van der Waals surface area contributed by atoms with Gasteiger partial charge in [-0.2, -0.15) is 5.26 Å². The molecule has 0 aliphatic heterocycles. The second kappa shape index (κ2) is 4.40. The molecule has 0 aliphatic carbocycles. The summed E-state index contributed by atoms with van der Waals surface area (Å²) in [4.78, 5) is 11.3. The van der Waals surface area contributed by atoms with Gasteiger partial charge in [0, 0.05) is 10.0 Å². The summed E-state index contributed by atoms with van der Waals surface area (Å²) in [5, 5.41) is 8.69. The number of halogens is 2. The van der Waals surface area contributed by atoms with Crippen molar-refractivity contribution in [3.63, 3.8) is 0 Å². The number of ketones is 1. The van der Waals surface area contributed by atoms with Crippen molar-refractivity contribution in [1.29, 1.82) is 5.26 Å². The maximum atomic E-state index is 11.3. The van der Waals surface area contributed by atoms with Crippen LogP contribution in [0.25, 0.3) is 0 Å². The molecule has 0 atom stereocenters. The van der Waals surface area contributed by atoms with Gasteiger partial charge in [-0.15, -0.1) is 0 Å². The molecule has 0 amide bonds. The van der Waals surface area contributed by atoms with Crippen LogP contribution in [-0.2, 0) is 0 Å². The molecular weight excluding hydrogens is 253 g/mol. The molecule has 0 saturated heterocycles. The summed E-state index contributed by atoms with van der Waals surface area (Å²) in [6.45, 7) is 0. The first-order valence-corrected chi connectivity index (χ1v) is 4.67. The third-order valence-electron chi connectivity index (χ3n) is 1.47. The molecule has 0 saturated carbocycles. The fourth-order valence-electron chi connectivity index (χ4n) is 0.883. The Hall–Kier alpha value is -0.850. The third-order valence-corrected chi connectivity index (χ3v) is 2.28. The molecule has 0 N–H and O–H groups in total. The van der Waals surface area contributed by atoms with Crippen molar-refractivity contribution in [3.8, 4) is 6.07 Å². The van der Waals surface area contributed by atoms with E-state index in [-0.39, 0.29) is 12.2 Å². The van der Waals surface area contributed by atoms with Gasteiger partial charge in [-0.25, -0.2) is 0 Å². The molecule has 0 bridgehead atoms. The van der Waals surface area contributed by atoms with E-state index in [1.165, 1.54) is 0 Å². The van der Waals surface area contributed by atoms with Gasteiger partial charge in [0.15, 0.2) is 5.78 Å². The van der Waals surface area contributed by atoms with Gasteiger partial charge in [0.1, 0.15) is 0 Å². The van der Waals surface area contributed by atoms with E-state index >= 15 is 0 Å². The molecule has 2 nitrogen and oxygen atoms in total. The van der Waals surface area contributed by atoms with Crippen LogP contribution in [0.2, 0.25) is 5.02 Å². The number of nitriles is 1. The lowest BCUT2D eigenvalue weighted by Crippen LogP contribution is -1.97. The number of hydrogen-bond donors (Lipinski definition) is 0. The third kappa shape index (κ3) is 2.55. The van der Waals surface area contributed by atoms with Crippen LogP contribution in [0.4, 0.5) is 0 Å². The minimum absolute atomic E-state index is 0.138. The van der Waals surface area contributed by atoms with Crippen LogP contribution in [0.1, 0.15) is 16.8 Å². The minimum atomic E-state index is -0.250. The lowest BCUT2D eigenvalue weighted by Gasteiger charge is -2.00. The molecule has 0 radical (unpaired) electrons. The average molecular weight is 259 g/mol. The smallest absolute Gasteiger partial charge is 0.178 e. The summed E-state index contributed by atoms with van der Waals surface area (Å²) in [5.74, 6) is -0.250. The van der Waals surface area contributed by atoms with Crippen LogP contribution >= 0.6 is 27.5 Å². The second-order valence-corrected chi connectivity index (χ2v) is 3.71. The van der Waals surface area contributed by atoms with E-state index in [0.717, 1.165) is 4.47 Å². The van der Waals surface area contributed by atoms with Crippen molar-refractivity contribution in [1.82, 2.24) is 0 Å². The molecule has 0 fully saturated rings. The normalized spacial score (nSPS) is 9.31. The standard InChI is InChI=1S/C9H5BrClNO/c10-6-1-2-7(8(11)5-6)9(13)3-4-12/h1-2,5H,3H2. The van der Waals surface area contributed by atoms with Gasteiger partial charge in [-0.05, 0) is 18.2 Å². The van der Waals surface area contributed by atoms with Crippen LogP contribution in [0.3, 0.4) is 0 Å². The highest BCUT2D eigenvalue weighted by Gasteiger charge is 2.09. The summed E-state index contributed by atoms with van der Waals surface area (Å²) < 4.78 is 0.811. The number of carbonyl (C=O) groups is 1. The molecule has 13 heavy (non-hydrogen) atoms. The van der Waals surface area contributed by atoms with Gasteiger partial charge >= 0.3 is 0 Å². The number of Topliss-reactive ketones (excluding diaryl/α,β-unsaturated/α-hetero) is 1. The van der Waals surface area contributed by atoms with E-state index in [2.05, 4.69) is 15.9 Å². The monoisotopic (exact) mass is 257 g/mol. The number of nitrogens with zero attached hydrogens (tertiary/aromatic N) is 1. The van der Waals surface area contributed by atoms with Crippen molar-refractivity contribution in [3.05, 3.63) is 33.3 Å². The van der Waals surface area contributed by atoms with E-state index in [1.54, 1.807) is 24.3 Å². The van der Waals surface area contributed by atoms with E-state index < -0.39 is 0 Å². The summed E-state index contributed by atoms with van der Waals surface area (Å²) in [6.07, 6.45) is -0.138. The zero-order valence-corrected chi connectivity index (χ0v) is 8.89. The van der Waals surface area contributed by atoms with Crippen molar-refractivity contribution in [2.45, 2.75) is 6.42 Å². The summed E-state index contributed by atoms with van der Waals surface area (Å²) in [5.41, 5.74) is 0.395. The van der Waals surface area contributed by atoms with E-state index in [9.17, 15) is 4.79 Å².